The molecule has 1 fully saturated rings. The number of nitrogens with zero attached hydrogens (tertiary/aromatic N) is 7. The molecule has 1 aromatic carbocycles. The van der Waals surface area contributed by atoms with Crippen LogP contribution >= 0.6 is 0 Å². The summed E-state index contributed by atoms with van der Waals surface area (Å²) in [5.74, 6) is 0.619. The Bertz CT molecular complexity index is 917. The number of carbonyl (C=O) groups excluding carboxylic acids is 1. The minimum Gasteiger partial charge on any atom is -0.337 e. The Balaban J connectivity index is 1.38. The molecule has 0 bridgehead atoms. The molecule has 3 heterocycles. The summed E-state index contributed by atoms with van der Waals surface area (Å²) >= 11 is 0. The third kappa shape index (κ3) is 3.79. The average molecular weight is 363 g/mol. The van der Waals surface area contributed by atoms with E-state index in [0.29, 0.717) is 44.4 Å². The van der Waals surface area contributed by atoms with Gasteiger partial charge in [-0.15, -0.1) is 5.10 Å². The first-order chi connectivity index (χ1) is 13.2. The average Bonchev–Trinajstić information content (AvgIpc) is 3.18. The number of hydrogen-bond acceptors (Lipinski definition) is 6. The van der Waals surface area contributed by atoms with Crippen molar-refractivity contribution < 1.29 is 4.79 Å². The van der Waals surface area contributed by atoms with Crippen molar-refractivity contribution in [1.82, 2.24) is 29.9 Å². The van der Waals surface area contributed by atoms with Crippen molar-refractivity contribution in [1.29, 1.82) is 0 Å². The standard InChI is InChI=1S/C19H21N7O/c1-15-5-2-3-6-16(15)13-26-14-17(22-23-26)18(27)24-9-11-25(12-10-24)19-20-7-4-8-21-19/h2-8,14H,9-13H2,1H3. The van der Waals surface area contributed by atoms with Gasteiger partial charge >= 0.3 is 0 Å². The van der Waals surface area contributed by atoms with Gasteiger partial charge in [-0.3, -0.25) is 4.79 Å². The van der Waals surface area contributed by atoms with Gasteiger partial charge in [0.05, 0.1) is 12.7 Å². The molecule has 0 unspecified atom stereocenters. The smallest absolute Gasteiger partial charge is 0.276 e. The number of piperazine rings is 1. The molecule has 8 nitrogen and oxygen atoms in total. The van der Waals surface area contributed by atoms with Crippen LogP contribution < -0.4 is 4.90 Å². The third-order valence-corrected chi connectivity index (χ3v) is 4.75. The van der Waals surface area contributed by atoms with Gasteiger partial charge < -0.3 is 9.80 Å². The van der Waals surface area contributed by atoms with Crippen LogP contribution in [0.4, 0.5) is 5.95 Å². The minimum absolute atomic E-state index is 0.0836. The Morgan fingerprint density at radius 2 is 1.78 bits per heavy atom. The number of rotatable bonds is 4. The van der Waals surface area contributed by atoms with E-state index in [4.69, 9.17) is 0 Å². The summed E-state index contributed by atoms with van der Waals surface area (Å²) < 4.78 is 1.71. The summed E-state index contributed by atoms with van der Waals surface area (Å²) in [5, 5.41) is 8.20. The van der Waals surface area contributed by atoms with E-state index >= 15 is 0 Å². The minimum atomic E-state index is -0.0836. The molecule has 0 N–H and O–H groups in total. The van der Waals surface area contributed by atoms with Crippen LogP contribution in [-0.4, -0.2) is 61.9 Å². The highest BCUT2D eigenvalue weighted by molar-refractivity contribution is 5.92. The van der Waals surface area contributed by atoms with Gasteiger partial charge in [0, 0.05) is 38.6 Å². The zero-order chi connectivity index (χ0) is 18.6. The van der Waals surface area contributed by atoms with Gasteiger partial charge in [0.25, 0.3) is 5.91 Å². The highest BCUT2D eigenvalue weighted by atomic mass is 16.2. The molecule has 1 saturated heterocycles. The fraction of sp³-hybridized carbons (Fsp3) is 0.316. The van der Waals surface area contributed by atoms with E-state index in [0.717, 1.165) is 5.56 Å². The summed E-state index contributed by atoms with van der Waals surface area (Å²) in [4.78, 5) is 25.2. The molecule has 0 radical (unpaired) electrons. The van der Waals surface area contributed by atoms with Gasteiger partial charge in [-0.05, 0) is 24.1 Å². The van der Waals surface area contributed by atoms with Crippen LogP contribution in [0.15, 0.2) is 48.9 Å². The summed E-state index contributed by atoms with van der Waals surface area (Å²) in [6, 6.07) is 9.93. The molecule has 1 amide bonds. The molecule has 1 aliphatic heterocycles. The second kappa shape index (κ2) is 7.53. The van der Waals surface area contributed by atoms with Gasteiger partial charge in [-0.25, -0.2) is 14.6 Å². The van der Waals surface area contributed by atoms with Gasteiger partial charge in [0.2, 0.25) is 5.95 Å². The molecule has 0 saturated carbocycles. The molecule has 0 aliphatic carbocycles. The first kappa shape index (κ1) is 17.1. The van der Waals surface area contributed by atoms with Crippen molar-refractivity contribution >= 4 is 11.9 Å². The number of hydrogen-bond donors (Lipinski definition) is 0. The number of carbonyl (C=O) groups is 1. The number of benzene rings is 1. The number of aryl methyl sites for hydroxylation is 1. The zero-order valence-electron chi connectivity index (χ0n) is 15.2. The highest BCUT2D eigenvalue weighted by Gasteiger charge is 2.25. The normalized spacial score (nSPS) is 14.4. The molecule has 2 aromatic heterocycles. The van der Waals surface area contributed by atoms with Crippen molar-refractivity contribution in [2.45, 2.75) is 13.5 Å². The summed E-state index contributed by atoms with van der Waals surface area (Å²) in [7, 11) is 0. The van der Waals surface area contributed by atoms with Crippen molar-refractivity contribution in [3.05, 3.63) is 65.7 Å². The number of amides is 1. The lowest BCUT2D eigenvalue weighted by Crippen LogP contribution is -2.49. The second-order valence-electron chi connectivity index (χ2n) is 6.56. The Morgan fingerprint density at radius 1 is 1.04 bits per heavy atom. The maximum absolute atomic E-state index is 12.7. The van der Waals surface area contributed by atoms with Crippen molar-refractivity contribution in [2.75, 3.05) is 31.1 Å². The van der Waals surface area contributed by atoms with Crippen LogP contribution in [0.3, 0.4) is 0 Å². The summed E-state index contributed by atoms with van der Waals surface area (Å²) in [6.07, 6.45) is 5.18. The quantitative estimate of drug-likeness (QED) is 0.697. The van der Waals surface area contributed by atoms with Crippen molar-refractivity contribution in [2.24, 2.45) is 0 Å². The summed E-state index contributed by atoms with van der Waals surface area (Å²) in [6.45, 7) is 5.30. The Hall–Kier alpha value is -3.29. The van der Waals surface area contributed by atoms with Crippen LogP contribution in [0.25, 0.3) is 0 Å². The SMILES string of the molecule is Cc1ccccc1Cn1cc(C(=O)N2CCN(c3ncccn3)CC2)nn1. The molecular formula is C19H21N7O. The molecular weight excluding hydrogens is 342 g/mol. The molecule has 4 rings (SSSR count). The molecule has 1 aliphatic rings. The van der Waals surface area contributed by atoms with Crippen LogP contribution in [0.5, 0.6) is 0 Å². The molecule has 3 aromatic rings. The fourth-order valence-electron chi connectivity index (χ4n) is 3.16. The third-order valence-electron chi connectivity index (χ3n) is 4.75. The predicted octanol–water partition coefficient (Wildman–Crippen LogP) is 1.39. The lowest BCUT2D eigenvalue weighted by Gasteiger charge is -2.34. The van der Waals surface area contributed by atoms with Gasteiger partial charge in [0.15, 0.2) is 5.69 Å². The van der Waals surface area contributed by atoms with Crippen LogP contribution in [-0.2, 0) is 6.54 Å². The highest BCUT2D eigenvalue weighted by Crippen LogP contribution is 2.13. The lowest BCUT2D eigenvalue weighted by atomic mass is 10.1. The van der Waals surface area contributed by atoms with Gasteiger partial charge in [0.1, 0.15) is 0 Å². The monoisotopic (exact) mass is 363 g/mol. The van der Waals surface area contributed by atoms with Gasteiger partial charge in [-0.2, -0.15) is 0 Å². The van der Waals surface area contributed by atoms with Crippen LogP contribution in [0.2, 0.25) is 0 Å². The predicted molar refractivity (Wildman–Crippen MR) is 100 cm³/mol. The van der Waals surface area contributed by atoms with Crippen LogP contribution in [0.1, 0.15) is 21.6 Å². The van der Waals surface area contributed by atoms with E-state index in [1.807, 2.05) is 17.0 Å². The maximum atomic E-state index is 12.7. The van der Waals surface area contributed by atoms with Crippen LogP contribution in [0, 0.1) is 6.92 Å². The zero-order valence-corrected chi connectivity index (χ0v) is 15.2. The Morgan fingerprint density at radius 3 is 2.52 bits per heavy atom. The van der Waals surface area contributed by atoms with E-state index in [-0.39, 0.29) is 5.91 Å². The van der Waals surface area contributed by atoms with E-state index in [2.05, 4.69) is 44.2 Å². The maximum Gasteiger partial charge on any atom is 0.276 e. The first-order valence-corrected chi connectivity index (χ1v) is 8.96. The molecule has 0 spiro atoms. The topological polar surface area (TPSA) is 80.0 Å². The van der Waals surface area contributed by atoms with E-state index < -0.39 is 0 Å². The summed E-state index contributed by atoms with van der Waals surface area (Å²) in [5.41, 5.74) is 2.74. The molecule has 0 atom stereocenters. The van der Waals surface area contributed by atoms with Crippen molar-refractivity contribution in [3.63, 3.8) is 0 Å². The fourth-order valence-corrected chi connectivity index (χ4v) is 3.16. The molecule has 8 heteroatoms. The van der Waals surface area contributed by atoms with Gasteiger partial charge in [-0.1, -0.05) is 29.5 Å². The number of anilines is 1. The molecule has 27 heavy (non-hydrogen) atoms. The van der Waals surface area contributed by atoms with E-state index in [1.165, 1.54) is 5.56 Å². The Kier molecular flexibility index (Phi) is 4.78. The first-order valence-electron chi connectivity index (χ1n) is 8.96. The van der Waals surface area contributed by atoms with E-state index in [9.17, 15) is 4.79 Å². The second-order valence-corrected chi connectivity index (χ2v) is 6.56. The Labute approximate surface area is 157 Å². The largest absolute Gasteiger partial charge is 0.337 e. The van der Waals surface area contributed by atoms with E-state index in [1.54, 1.807) is 29.3 Å². The number of aromatic nitrogens is 5. The lowest BCUT2D eigenvalue weighted by molar-refractivity contribution is 0.0740. The van der Waals surface area contributed by atoms with Crippen molar-refractivity contribution in [3.8, 4) is 0 Å². The molecule has 138 valence electrons.